The minimum Gasteiger partial charge on any atom is -0.467 e. The van der Waals surface area contributed by atoms with E-state index in [1.807, 2.05) is 18.3 Å². The summed E-state index contributed by atoms with van der Waals surface area (Å²) in [5, 5.41) is 7.41. The molecular formula is C18H17N3O2S. The fraction of sp³-hybridized carbons (Fsp3) is 0.222. The first-order valence-electron chi connectivity index (χ1n) is 7.76. The average molecular weight is 339 g/mol. The van der Waals surface area contributed by atoms with Crippen LogP contribution in [0.15, 0.2) is 58.2 Å². The molecule has 5 nitrogen and oxygen atoms in total. The highest BCUT2D eigenvalue weighted by molar-refractivity contribution is 7.98. The van der Waals surface area contributed by atoms with Crippen LogP contribution in [0.25, 0.3) is 0 Å². The summed E-state index contributed by atoms with van der Waals surface area (Å²) >= 11 is 1.71. The van der Waals surface area contributed by atoms with Gasteiger partial charge in [0.05, 0.1) is 12.5 Å². The molecule has 1 N–H and O–H groups in total. The zero-order valence-electron chi connectivity index (χ0n) is 13.2. The highest BCUT2D eigenvalue weighted by Crippen LogP contribution is 2.37. The summed E-state index contributed by atoms with van der Waals surface area (Å²) in [6, 6.07) is 12.1. The molecule has 2 aromatic heterocycles. The van der Waals surface area contributed by atoms with Crippen molar-refractivity contribution in [1.29, 1.82) is 0 Å². The van der Waals surface area contributed by atoms with Crippen LogP contribution in [0.2, 0.25) is 0 Å². The third-order valence-electron chi connectivity index (χ3n) is 4.29. The number of amides is 1. The van der Waals surface area contributed by atoms with Crippen LogP contribution in [0.3, 0.4) is 0 Å². The van der Waals surface area contributed by atoms with E-state index in [-0.39, 0.29) is 11.8 Å². The Labute approximate surface area is 144 Å². The lowest BCUT2D eigenvalue weighted by atomic mass is 9.87. The number of benzene rings is 1. The maximum Gasteiger partial charge on any atom is 0.226 e. The zero-order valence-corrected chi connectivity index (χ0v) is 14.0. The van der Waals surface area contributed by atoms with Crippen molar-refractivity contribution >= 4 is 23.5 Å². The van der Waals surface area contributed by atoms with Gasteiger partial charge in [0, 0.05) is 22.8 Å². The number of carbonyl (C=O) groups is 1. The predicted molar refractivity (Wildman–Crippen MR) is 93.3 cm³/mol. The molecule has 24 heavy (non-hydrogen) atoms. The van der Waals surface area contributed by atoms with Crippen LogP contribution in [0.1, 0.15) is 29.2 Å². The Hall–Kier alpha value is -2.47. The summed E-state index contributed by atoms with van der Waals surface area (Å²) in [6.07, 6.45) is 5.99. The van der Waals surface area contributed by atoms with Crippen molar-refractivity contribution in [3.63, 3.8) is 0 Å². The van der Waals surface area contributed by atoms with Gasteiger partial charge in [0.2, 0.25) is 5.91 Å². The van der Waals surface area contributed by atoms with E-state index < -0.39 is 0 Å². The second-order valence-corrected chi connectivity index (χ2v) is 6.64. The first-order valence-corrected chi connectivity index (χ1v) is 8.99. The predicted octanol–water partition coefficient (Wildman–Crippen LogP) is 3.72. The lowest BCUT2D eigenvalue weighted by Gasteiger charge is -2.23. The molecule has 1 aliphatic rings. The van der Waals surface area contributed by atoms with Crippen LogP contribution in [0.5, 0.6) is 0 Å². The van der Waals surface area contributed by atoms with Gasteiger partial charge < -0.3 is 9.73 Å². The quantitative estimate of drug-likeness (QED) is 0.736. The molecule has 0 spiro atoms. The van der Waals surface area contributed by atoms with E-state index >= 15 is 0 Å². The number of aromatic nitrogens is 2. The monoisotopic (exact) mass is 339 g/mol. The average Bonchev–Trinajstić information content (AvgIpc) is 3.25. The van der Waals surface area contributed by atoms with Crippen LogP contribution in [-0.4, -0.2) is 21.9 Å². The Morgan fingerprint density at radius 1 is 1.33 bits per heavy atom. The first kappa shape index (κ1) is 15.1. The highest BCUT2D eigenvalue weighted by Gasteiger charge is 2.30. The molecule has 0 fully saturated rings. The van der Waals surface area contributed by atoms with Gasteiger partial charge in [0.1, 0.15) is 18.1 Å². The maximum atomic E-state index is 12.2. The zero-order chi connectivity index (χ0) is 16.5. The van der Waals surface area contributed by atoms with E-state index in [0.29, 0.717) is 13.0 Å². The lowest BCUT2D eigenvalue weighted by Crippen LogP contribution is -2.25. The highest BCUT2D eigenvalue weighted by atomic mass is 32.2. The van der Waals surface area contributed by atoms with Crippen molar-refractivity contribution in [2.24, 2.45) is 0 Å². The van der Waals surface area contributed by atoms with Gasteiger partial charge in [-0.15, -0.1) is 11.8 Å². The third-order valence-corrected chi connectivity index (χ3v) is 5.04. The number of thioether (sulfide) groups is 1. The fourth-order valence-electron chi connectivity index (χ4n) is 3.07. The normalized spacial score (nSPS) is 16.7. The number of hydrogen-bond acceptors (Lipinski definition) is 4. The smallest absolute Gasteiger partial charge is 0.226 e. The van der Waals surface area contributed by atoms with Gasteiger partial charge in [-0.1, -0.05) is 12.1 Å². The Kier molecular flexibility index (Phi) is 3.90. The number of anilines is 1. The van der Waals surface area contributed by atoms with Gasteiger partial charge in [0.25, 0.3) is 0 Å². The van der Waals surface area contributed by atoms with Gasteiger partial charge in [-0.2, -0.15) is 5.10 Å². The van der Waals surface area contributed by atoms with E-state index in [0.717, 1.165) is 22.7 Å². The second-order valence-electron chi connectivity index (χ2n) is 5.76. The number of nitrogens with zero attached hydrogens (tertiary/aromatic N) is 2. The van der Waals surface area contributed by atoms with Gasteiger partial charge in [0.15, 0.2) is 0 Å². The standard InChI is InChI=1S/C18H17N3O2S/c1-24-14-6-4-12(5-7-14)15-9-17(22)20-18-16(15)10-19-21(18)11-13-3-2-8-23-13/h2-8,10,15H,9,11H2,1H3,(H,20,22)/t15-/m0/s1. The van der Waals surface area contributed by atoms with Crippen molar-refractivity contribution in [2.45, 2.75) is 23.8 Å². The Bertz CT molecular complexity index is 853. The van der Waals surface area contributed by atoms with Gasteiger partial charge in [-0.05, 0) is 36.1 Å². The van der Waals surface area contributed by atoms with E-state index in [1.54, 1.807) is 22.7 Å². The van der Waals surface area contributed by atoms with E-state index in [9.17, 15) is 4.79 Å². The van der Waals surface area contributed by atoms with Crippen molar-refractivity contribution in [3.05, 3.63) is 65.7 Å². The number of carbonyl (C=O) groups excluding carboxylic acids is 1. The Balaban J connectivity index is 1.69. The Morgan fingerprint density at radius 2 is 2.17 bits per heavy atom. The van der Waals surface area contributed by atoms with Crippen LogP contribution >= 0.6 is 11.8 Å². The minimum atomic E-state index is 0.0163. The number of furan rings is 1. The lowest BCUT2D eigenvalue weighted by molar-refractivity contribution is -0.116. The van der Waals surface area contributed by atoms with Crippen LogP contribution in [-0.2, 0) is 11.3 Å². The molecule has 0 saturated carbocycles. The summed E-state index contributed by atoms with van der Waals surface area (Å²) < 4.78 is 7.17. The van der Waals surface area contributed by atoms with Crippen molar-refractivity contribution < 1.29 is 9.21 Å². The fourth-order valence-corrected chi connectivity index (χ4v) is 3.48. The molecule has 0 bridgehead atoms. The van der Waals surface area contributed by atoms with Crippen molar-refractivity contribution in [1.82, 2.24) is 9.78 Å². The van der Waals surface area contributed by atoms with Crippen molar-refractivity contribution in [3.8, 4) is 0 Å². The molecule has 1 aliphatic heterocycles. The summed E-state index contributed by atoms with van der Waals surface area (Å²) in [4.78, 5) is 13.4. The van der Waals surface area contributed by atoms with Crippen molar-refractivity contribution in [2.75, 3.05) is 11.6 Å². The van der Waals surface area contributed by atoms with Gasteiger partial charge >= 0.3 is 0 Å². The summed E-state index contributed by atoms with van der Waals surface area (Å²) in [5.74, 6) is 1.63. The molecule has 4 rings (SSSR count). The minimum absolute atomic E-state index is 0.0163. The van der Waals surface area contributed by atoms with E-state index in [2.05, 4.69) is 40.9 Å². The molecule has 3 heterocycles. The van der Waals surface area contributed by atoms with Crippen LogP contribution in [0.4, 0.5) is 5.82 Å². The number of nitrogens with one attached hydrogen (secondary N) is 1. The number of hydrogen-bond donors (Lipinski definition) is 1. The summed E-state index contributed by atoms with van der Waals surface area (Å²) in [6.45, 7) is 0.501. The third kappa shape index (κ3) is 2.73. The second kappa shape index (κ2) is 6.20. The van der Waals surface area contributed by atoms with Gasteiger partial charge in [-0.3, -0.25) is 4.79 Å². The largest absolute Gasteiger partial charge is 0.467 e. The number of fused-ring (bicyclic) bond motifs is 1. The van der Waals surface area contributed by atoms with Crippen LogP contribution in [0, 0.1) is 0 Å². The number of rotatable bonds is 4. The molecule has 6 heteroatoms. The molecule has 1 aromatic carbocycles. The molecular weight excluding hydrogens is 322 g/mol. The van der Waals surface area contributed by atoms with E-state index in [4.69, 9.17) is 4.42 Å². The summed E-state index contributed by atoms with van der Waals surface area (Å²) in [7, 11) is 0. The topological polar surface area (TPSA) is 60.1 Å². The molecule has 3 aromatic rings. The molecule has 0 aliphatic carbocycles. The molecule has 1 amide bonds. The van der Waals surface area contributed by atoms with E-state index in [1.165, 1.54) is 4.90 Å². The van der Waals surface area contributed by atoms with Gasteiger partial charge in [-0.25, -0.2) is 4.68 Å². The molecule has 0 saturated heterocycles. The molecule has 1 atom stereocenters. The Morgan fingerprint density at radius 3 is 2.88 bits per heavy atom. The molecule has 0 unspecified atom stereocenters. The summed E-state index contributed by atoms with van der Waals surface area (Å²) in [5.41, 5.74) is 2.19. The SMILES string of the molecule is CSc1ccc([C@@H]2CC(=O)Nc3c2cnn3Cc2ccco2)cc1. The first-order chi connectivity index (χ1) is 11.7. The maximum absolute atomic E-state index is 12.2. The molecule has 0 radical (unpaired) electrons. The van der Waals surface area contributed by atoms with Crippen LogP contribution < -0.4 is 5.32 Å². The molecule has 122 valence electrons.